The topological polar surface area (TPSA) is 60.0 Å². The van der Waals surface area contributed by atoms with Gasteiger partial charge in [-0.25, -0.2) is 0 Å². The lowest BCUT2D eigenvalue weighted by molar-refractivity contribution is 0.0871. The number of hydrogen-bond donors (Lipinski definition) is 1. The predicted molar refractivity (Wildman–Crippen MR) is 85.9 cm³/mol. The first-order chi connectivity index (χ1) is 10.5. The van der Waals surface area contributed by atoms with E-state index in [2.05, 4.69) is 24.1 Å². The minimum absolute atomic E-state index is 0.0793. The molecule has 0 spiro atoms. The maximum atomic E-state index is 12.6. The summed E-state index contributed by atoms with van der Waals surface area (Å²) in [5.74, 6) is 1.17. The lowest BCUT2D eigenvalue weighted by atomic mass is 10.1. The van der Waals surface area contributed by atoms with Crippen LogP contribution >= 0.6 is 0 Å². The summed E-state index contributed by atoms with van der Waals surface area (Å²) < 4.78 is 15.8. The Bertz CT molecular complexity index is 501. The molecule has 0 saturated heterocycles. The zero-order chi connectivity index (χ0) is 16.7. The van der Waals surface area contributed by atoms with E-state index in [-0.39, 0.29) is 12.1 Å². The number of carbonyl (C=O) groups excluding carboxylic acids is 1. The Kier molecular flexibility index (Phi) is 6.98. The molecule has 0 saturated carbocycles. The zero-order valence-corrected chi connectivity index (χ0v) is 14.2. The molecule has 22 heavy (non-hydrogen) atoms. The highest BCUT2D eigenvalue weighted by Crippen LogP contribution is 2.35. The SMILES string of the molecule is CCN(CC)C(C)NC(=O)c1cc(OC)cc(OC)c1OC. The molecular formula is C16H26N2O4. The number of carbonyl (C=O) groups is 1. The van der Waals surface area contributed by atoms with Crippen LogP contribution in [0.2, 0.25) is 0 Å². The van der Waals surface area contributed by atoms with Crippen LogP contribution in [0.5, 0.6) is 17.2 Å². The number of ether oxygens (including phenoxy) is 3. The van der Waals surface area contributed by atoms with Crippen LogP contribution in [0, 0.1) is 0 Å². The molecule has 1 aromatic carbocycles. The maximum absolute atomic E-state index is 12.6. The third-order valence-corrected chi connectivity index (χ3v) is 3.63. The van der Waals surface area contributed by atoms with Gasteiger partial charge in [-0.1, -0.05) is 13.8 Å². The molecule has 0 aliphatic carbocycles. The highest BCUT2D eigenvalue weighted by Gasteiger charge is 2.21. The molecule has 0 aliphatic rings. The standard InChI is InChI=1S/C16H26N2O4/c1-7-18(8-2)11(3)17-16(19)13-9-12(20-4)10-14(21-5)15(13)22-6/h9-11H,7-8H2,1-6H3,(H,17,19). The highest BCUT2D eigenvalue weighted by molar-refractivity contribution is 5.98. The Morgan fingerprint density at radius 2 is 1.77 bits per heavy atom. The molecule has 1 N–H and O–H groups in total. The number of benzene rings is 1. The molecule has 1 unspecified atom stereocenters. The zero-order valence-electron chi connectivity index (χ0n) is 14.2. The fourth-order valence-corrected chi connectivity index (χ4v) is 2.36. The van der Waals surface area contributed by atoms with Gasteiger partial charge in [0.05, 0.1) is 33.1 Å². The predicted octanol–water partition coefficient (Wildman–Crippen LogP) is 2.13. The molecular weight excluding hydrogens is 284 g/mol. The Morgan fingerprint density at radius 1 is 1.14 bits per heavy atom. The lowest BCUT2D eigenvalue weighted by Crippen LogP contribution is -2.46. The number of amides is 1. The van der Waals surface area contributed by atoms with Gasteiger partial charge in [0.15, 0.2) is 11.5 Å². The molecule has 0 radical (unpaired) electrons. The average Bonchev–Trinajstić information content (AvgIpc) is 2.54. The quantitative estimate of drug-likeness (QED) is 0.745. The first kappa shape index (κ1) is 18.1. The third-order valence-electron chi connectivity index (χ3n) is 3.63. The molecule has 1 rings (SSSR count). The molecule has 124 valence electrons. The van der Waals surface area contributed by atoms with Crippen LogP contribution < -0.4 is 19.5 Å². The van der Waals surface area contributed by atoms with Crippen molar-refractivity contribution in [3.05, 3.63) is 17.7 Å². The Labute approximate surface area is 132 Å². The summed E-state index contributed by atoms with van der Waals surface area (Å²) in [6.45, 7) is 7.78. The fourth-order valence-electron chi connectivity index (χ4n) is 2.36. The van der Waals surface area contributed by atoms with Gasteiger partial charge >= 0.3 is 0 Å². The first-order valence-corrected chi connectivity index (χ1v) is 7.37. The van der Waals surface area contributed by atoms with Crippen LogP contribution in [0.3, 0.4) is 0 Å². The van der Waals surface area contributed by atoms with Crippen molar-refractivity contribution in [2.75, 3.05) is 34.4 Å². The van der Waals surface area contributed by atoms with Crippen molar-refractivity contribution >= 4 is 5.91 Å². The largest absolute Gasteiger partial charge is 0.497 e. The van der Waals surface area contributed by atoms with Crippen LogP contribution in [-0.2, 0) is 0 Å². The van der Waals surface area contributed by atoms with Gasteiger partial charge in [0.2, 0.25) is 0 Å². The van der Waals surface area contributed by atoms with E-state index in [0.717, 1.165) is 13.1 Å². The molecule has 0 aromatic heterocycles. The van der Waals surface area contributed by atoms with Crippen LogP contribution in [0.25, 0.3) is 0 Å². The van der Waals surface area contributed by atoms with Crippen molar-refractivity contribution in [1.29, 1.82) is 0 Å². The van der Waals surface area contributed by atoms with Gasteiger partial charge in [-0.05, 0) is 26.1 Å². The van der Waals surface area contributed by atoms with E-state index in [1.165, 1.54) is 14.2 Å². The Hall–Kier alpha value is -1.95. The molecule has 1 aromatic rings. The first-order valence-electron chi connectivity index (χ1n) is 7.37. The molecule has 6 heteroatoms. The minimum atomic E-state index is -0.228. The number of hydrogen-bond acceptors (Lipinski definition) is 5. The number of methoxy groups -OCH3 is 3. The van der Waals surface area contributed by atoms with Crippen molar-refractivity contribution in [3.8, 4) is 17.2 Å². The van der Waals surface area contributed by atoms with E-state index < -0.39 is 0 Å². The maximum Gasteiger partial charge on any atom is 0.256 e. The van der Waals surface area contributed by atoms with Crippen molar-refractivity contribution in [3.63, 3.8) is 0 Å². The van der Waals surface area contributed by atoms with E-state index in [1.807, 2.05) is 6.92 Å². The van der Waals surface area contributed by atoms with Gasteiger partial charge in [-0.2, -0.15) is 0 Å². The van der Waals surface area contributed by atoms with Crippen molar-refractivity contribution in [2.45, 2.75) is 26.9 Å². The van der Waals surface area contributed by atoms with E-state index in [0.29, 0.717) is 22.8 Å². The second-order valence-corrected chi connectivity index (χ2v) is 4.78. The monoisotopic (exact) mass is 310 g/mol. The summed E-state index contributed by atoms with van der Waals surface area (Å²) in [5.41, 5.74) is 0.387. The number of nitrogens with zero attached hydrogens (tertiary/aromatic N) is 1. The molecule has 0 bridgehead atoms. The van der Waals surface area contributed by atoms with Gasteiger partial charge in [0, 0.05) is 6.07 Å². The lowest BCUT2D eigenvalue weighted by Gasteiger charge is -2.27. The molecule has 0 aliphatic heterocycles. The van der Waals surface area contributed by atoms with Gasteiger partial charge in [-0.15, -0.1) is 0 Å². The van der Waals surface area contributed by atoms with Gasteiger partial charge in [-0.3, -0.25) is 9.69 Å². The Morgan fingerprint density at radius 3 is 2.23 bits per heavy atom. The van der Waals surface area contributed by atoms with Crippen molar-refractivity contribution < 1.29 is 19.0 Å². The van der Waals surface area contributed by atoms with Gasteiger partial charge in [0.25, 0.3) is 5.91 Å². The summed E-state index contributed by atoms with van der Waals surface area (Å²) in [6.07, 6.45) is -0.0793. The van der Waals surface area contributed by atoms with E-state index in [9.17, 15) is 4.79 Å². The summed E-state index contributed by atoms with van der Waals surface area (Å²) in [4.78, 5) is 14.7. The number of rotatable bonds is 8. The van der Waals surface area contributed by atoms with Crippen molar-refractivity contribution in [2.24, 2.45) is 0 Å². The second kappa shape index (κ2) is 8.48. The van der Waals surface area contributed by atoms with Crippen LogP contribution in [0.4, 0.5) is 0 Å². The van der Waals surface area contributed by atoms with Crippen LogP contribution in [-0.4, -0.2) is 51.4 Å². The molecule has 6 nitrogen and oxygen atoms in total. The van der Waals surface area contributed by atoms with Gasteiger partial charge in [0.1, 0.15) is 5.75 Å². The van der Waals surface area contributed by atoms with E-state index >= 15 is 0 Å². The van der Waals surface area contributed by atoms with Crippen LogP contribution in [0.1, 0.15) is 31.1 Å². The van der Waals surface area contributed by atoms with E-state index in [4.69, 9.17) is 14.2 Å². The van der Waals surface area contributed by atoms with Crippen LogP contribution in [0.15, 0.2) is 12.1 Å². The summed E-state index contributed by atoms with van der Waals surface area (Å²) in [5, 5.41) is 2.97. The van der Waals surface area contributed by atoms with Gasteiger partial charge < -0.3 is 19.5 Å². The highest BCUT2D eigenvalue weighted by atomic mass is 16.5. The van der Waals surface area contributed by atoms with E-state index in [1.54, 1.807) is 19.2 Å². The summed E-state index contributed by atoms with van der Waals surface area (Å²) >= 11 is 0. The summed E-state index contributed by atoms with van der Waals surface area (Å²) in [6, 6.07) is 3.33. The molecule has 0 heterocycles. The molecule has 0 fully saturated rings. The number of nitrogens with one attached hydrogen (secondary N) is 1. The minimum Gasteiger partial charge on any atom is -0.497 e. The molecule has 1 atom stereocenters. The fraction of sp³-hybridized carbons (Fsp3) is 0.562. The normalized spacial score (nSPS) is 12.0. The smallest absolute Gasteiger partial charge is 0.256 e. The second-order valence-electron chi connectivity index (χ2n) is 4.78. The average molecular weight is 310 g/mol. The molecule has 1 amide bonds. The summed E-state index contributed by atoms with van der Waals surface area (Å²) in [7, 11) is 4.58. The Balaban J connectivity index is 3.10. The van der Waals surface area contributed by atoms with Crippen molar-refractivity contribution in [1.82, 2.24) is 10.2 Å². The third kappa shape index (κ3) is 4.04.